The maximum Gasteiger partial charge on any atom is 0.341 e. The number of esters is 1. The summed E-state index contributed by atoms with van der Waals surface area (Å²) in [6.45, 7) is 4.82. The normalized spacial score (nSPS) is 22.0. The molecule has 2 aromatic heterocycles. The number of hydrogen-bond donors (Lipinski definition) is 0. The molecule has 0 radical (unpaired) electrons. The van der Waals surface area contributed by atoms with Crippen LogP contribution in [0.4, 0.5) is 0 Å². The number of morpholine rings is 1. The minimum absolute atomic E-state index is 0.120. The minimum atomic E-state index is -0.438. The van der Waals surface area contributed by atoms with Gasteiger partial charge in [-0.05, 0) is 44.4 Å². The maximum atomic E-state index is 12.8. The first-order valence-corrected chi connectivity index (χ1v) is 10.7. The predicted molar refractivity (Wildman–Crippen MR) is 107 cm³/mol. The molecule has 1 saturated carbocycles. The molecular formula is C21H26N2O4S. The number of rotatable bonds is 4. The molecule has 6 nitrogen and oxygen atoms in total. The lowest BCUT2D eigenvalue weighted by atomic mass is 9.90. The number of thiophene rings is 1. The quantitative estimate of drug-likeness (QED) is 0.735. The lowest BCUT2D eigenvalue weighted by Crippen LogP contribution is -2.55. The van der Waals surface area contributed by atoms with Crippen LogP contribution in [0.15, 0.2) is 24.5 Å². The number of nitrogens with zero attached hydrogens (tertiary/aromatic N) is 2. The number of carbonyl (C=O) groups excluding carboxylic acids is 2. The first-order valence-electron chi connectivity index (χ1n) is 9.88. The molecule has 0 N–H and O–H groups in total. The van der Waals surface area contributed by atoms with Crippen molar-refractivity contribution in [2.45, 2.75) is 51.7 Å². The summed E-state index contributed by atoms with van der Waals surface area (Å²) in [5, 5.41) is 0.830. The second kappa shape index (κ2) is 8.09. The van der Waals surface area contributed by atoms with E-state index in [0.717, 1.165) is 41.1 Å². The zero-order valence-electron chi connectivity index (χ0n) is 16.3. The Morgan fingerprint density at radius 2 is 1.96 bits per heavy atom. The molecule has 2 atom stereocenters. The Morgan fingerprint density at radius 1 is 1.21 bits per heavy atom. The Kier molecular flexibility index (Phi) is 5.55. The van der Waals surface area contributed by atoms with Gasteiger partial charge in [-0.2, -0.15) is 0 Å². The van der Waals surface area contributed by atoms with E-state index >= 15 is 0 Å². The van der Waals surface area contributed by atoms with Gasteiger partial charge in [0.05, 0.1) is 24.3 Å². The summed E-state index contributed by atoms with van der Waals surface area (Å²) >= 11 is 1.55. The summed E-state index contributed by atoms with van der Waals surface area (Å²) < 4.78 is 13.2. The highest BCUT2D eigenvalue weighted by atomic mass is 32.1. The average Bonchev–Trinajstić information content (AvgIpc) is 3.34. The molecule has 2 fully saturated rings. The number of carbonyl (C=O) groups is 2. The Bertz CT molecular complexity index is 856. The van der Waals surface area contributed by atoms with Crippen molar-refractivity contribution in [2.75, 3.05) is 19.8 Å². The molecule has 0 aromatic carbocycles. The number of hydrogen-bond acceptors (Lipinski definition) is 5. The molecule has 28 heavy (non-hydrogen) atoms. The lowest BCUT2D eigenvalue weighted by molar-refractivity contribution is -0.152. The van der Waals surface area contributed by atoms with Gasteiger partial charge in [-0.25, -0.2) is 4.79 Å². The Hall–Kier alpha value is -2.12. The Balaban J connectivity index is 1.45. The van der Waals surface area contributed by atoms with Gasteiger partial charge in [-0.1, -0.05) is 12.8 Å². The second-order valence-corrected chi connectivity index (χ2v) is 8.68. The van der Waals surface area contributed by atoms with Crippen LogP contribution in [0.3, 0.4) is 0 Å². The van der Waals surface area contributed by atoms with E-state index in [2.05, 4.69) is 0 Å². The molecule has 0 unspecified atom stereocenters. The fourth-order valence-electron chi connectivity index (χ4n) is 4.19. The maximum absolute atomic E-state index is 12.8. The van der Waals surface area contributed by atoms with Crippen LogP contribution in [0, 0.1) is 13.8 Å². The van der Waals surface area contributed by atoms with Gasteiger partial charge in [-0.3, -0.25) is 4.79 Å². The first kappa shape index (κ1) is 19.2. The van der Waals surface area contributed by atoms with Crippen molar-refractivity contribution >= 4 is 23.2 Å². The largest absolute Gasteiger partial charge is 0.452 e. The molecule has 150 valence electrons. The van der Waals surface area contributed by atoms with Crippen molar-refractivity contribution < 1.29 is 19.1 Å². The monoisotopic (exact) mass is 402 g/mol. The fourth-order valence-corrected chi connectivity index (χ4v) is 5.30. The van der Waals surface area contributed by atoms with Crippen LogP contribution in [0.2, 0.25) is 0 Å². The summed E-state index contributed by atoms with van der Waals surface area (Å²) in [7, 11) is 0. The molecule has 2 aliphatic rings. The summed E-state index contributed by atoms with van der Waals surface area (Å²) in [4.78, 5) is 28.6. The van der Waals surface area contributed by atoms with E-state index in [1.165, 1.54) is 0 Å². The summed E-state index contributed by atoms with van der Waals surface area (Å²) in [6, 6.07) is 3.96. The third-order valence-electron chi connectivity index (χ3n) is 5.79. The molecule has 2 aromatic rings. The number of fused-ring (bicyclic) bond motifs is 1. The van der Waals surface area contributed by atoms with E-state index in [-0.39, 0.29) is 24.7 Å². The summed E-state index contributed by atoms with van der Waals surface area (Å²) in [5.74, 6) is -0.562. The molecular weight excluding hydrogens is 376 g/mol. The van der Waals surface area contributed by atoms with Crippen molar-refractivity contribution in [3.05, 3.63) is 40.5 Å². The van der Waals surface area contributed by atoms with Gasteiger partial charge in [0, 0.05) is 23.8 Å². The van der Waals surface area contributed by atoms with Crippen molar-refractivity contribution in [2.24, 2.45) is 0 Å². The molecule has 7 heteroatoms. The second-order valence-electron chi connectivity index (χ2n) is 7.48. The van der Waals surface area contributed by atoms with E-state index in [4.69, 9.17) is 9.47 Å². The highest BCUT2D eigenvalue weighted by Crippen LogP contribution is 2.32. The fraction of sp³-hybridized carbons (Fsp3) is 0.524. The van der Waals surface area contributed by atoms with E-state index in [9.17, 15) is 9.59 Å². The number of aryl methyl sites for hydroxylation is 1. The van der Waals surface area contributed by atoms with Gasteiger partial charge in [0.2, 0.25) is 0 Å². The number of aromatic nitrogens is 1. The molecule has 0 bridgehead atoms. The molecule has 0 spiro atoms. The van der Waals surface area contributed by atoms with Gasteiger partial charge < -0.3 is 18.9 Å². The third kappa shape index (κ3) is 3.61. The SMILES string of the molecule is Cc1sc(-n2cccc2)c(C(=O)OCC(=O)N2CCO[C@H]3CCCC[C@@H]32)c1C. The lowest BCUT2D eigenvalue weighted by Gasteiger charge is -2.43. The molecule has 1 aliphatic heterocycles. The van der Waals surface area contributed by atoms with Gasteiger partial charge >= 0.3 is 5.97 Å². The molecule has 3 heterocycles. The minimum Gasteiger partial charge on any atom is -0.452 e. The van der Waals surface area contributed by atoms with Crippen LogP contribution in [0.25, 0.3) is 5.00 Å². The smallest absolute Gasteiger partial charge is 0.341 e. The van der Waals surface area contributed by atoms with E-state index in [1.807, 2.05) is 47.8 Å². The predicted octanol–water partition coefficient (Wildman–Crippen LogP) is 3.48. The topological polar surface area (TPSA) is 60.8 Å². The Labute approximate surface area is 169 Å². The summed E-state index contributed by atoms with van der Waals surface area (Å²) in [6.07, 6.45) is 8.17. The van der Waals surface area contributed by atoms with E-state index in [1.54, 1.807) is 11.3 Å². The Morgan fingerprint density at radius 3 is 2.75 bits per heavy atom. The molecule has 1 saturated heterocycles. The van der Waals surface area contributed by atoms with Gasteiger partial charge in [0.1, 0.15) is 5.00 Å². The van der Waals surface area contributed by atoms with Gasteiger partial charge in [-0.15, -0.1) is 11.3 Å². The molecule has 1 amide bonds. The zero-order valence-corrected chi connectivity index (χ0v) is 17.2. The van der Waals surface area contributed by atoms with E-state index in [0.29, 0.717) is 18.7 Å². The van der Waals surface area contributed by atoms with Crippen LogP contribution in [0.5, 0.6) is 0 Å². The van der Waals surface area contributed by atoms with Crippen molar-refractivity contribution in [3.63, 3.8) is 0 Å². The van der Waals surface area contributed by atoms with Crippen LogP contribution in [0.1, 0.15) is 46.5 Å². The first-order chi connectivity index (χ1) is 13.6. The number of ether oxygens (including phenoxy) is 2. The van der Waals surface area contributed by atoms with Crippen LogP contribution in [-0.2, 0) is 14.3 Å². The summed E-state index contributed by atoms with van der Waals surface area (Å²) in [5.41, 5.74) is 1.45. The molecule has 1 aliphatic carbocycles. The van der Waals surface area contributed by atoms with Gasteiger partial charge in [0.25, 0.3) is 5.91 Å². The highest BCUT2D eigenvalue weighted by Gasteiger charge is 2.37. The van der Waals surface area contributed by atoms with Crippen LogP contribution >= 0.6 is 11.3 Å². The number of amides is 1. The zero-order chi connectivity index (χ0) is 19.7. The highest BCUT2D eigenvalue weighted by molar-refractivity contribution is 7.15. The van der Waals surface area contributed by atoms with Crippen LogP contribution < -0.4 is 0 Å². The van der Waals surface area contributed by atoms with Crippen LogP contribution in [-0.4, -0.2) is 53.2 Å². The van der Waals surface area contributed by atoms with Crippen molar-refractivity contribution in [3.8, 4) is 5.00 Å². The standard InChI is InChI=1S/C21H26N2O4S/c1-14-15(2)28-20(22-9-5-6-10-22)19(14)21(25)27-13-18(24)23-11-12-26-17-8-4-3-7-16(17)23/h5-6,9-10,16-17H,3-4,7-8,11-13H2,1-2H3/t16-,17-/m0/s1. The van der Waals surface area contributed by atoms with E-state index < -0.39 is 5.97 Å². The third-order valence-corrected chi connectivity index (χ3v) is 7.01. The van der Waals surface area contributed by atoms with Crippen molar-refractivity contribution in [1.82, 2.24) is 9.47 Å². The van der Waals surface area contributed by atoms with Gasteiger partial charge in [0.15, 0.2) is 6.61 Å². The average molecular weight is 403 g/mol. The van der Waals surface area contributed by atoms with Crippen molar-refractivity contribution in [1.29, 1.82) is 0 Å². The molecule has 4 rings (SSSR count).